The van der Waals surface area contributed by atoms with E-state index in [0.29, 0.717) is 26.3 Å². The third-order valence-corrected chi connectivity index (χ3v) is 7.20. The minimum atomic E-state index is -3.08. The fourth-order valence-corrected chi connectivity index (χ4v) is 5.51. The molecule has 3 fully saturated rings. The number of hydrogen-bond acceptors (Lipinski definition) is 4. The maximum absolute atomic E-state index is 12.5. The Morgan fingerprint density at radius 3 is 2.85 bits per heavy atom. The fraction of sp³-hybridized carbons (Fsp3) is 1.00. The summed E-state index contributed by atoms with van der Waals surface area (Å²) in [7, 11) is -3.08. The second kappa shape index (κ2) is 5.55. The molecule has 2 aliphatic heterocycles. The number of ether oxygens (including phenoxy) is 2. The van der Waals surface area contributed by atoms with Gasteiger partial charge in [0.15, 0.2) is 0 Å². The van der Waals surface area contributed by atoms with Crippen LogP contribution in [0.3, 0.4) is 0 Å². The lowest BCUT2D eigenvalue weighted by Crippen LogP contribution is -2.58. The highest BCUT2D eigenvalue weighted by Gasteiger charge is 2.51. The van der Waals surface area contributed by atoms with E-state index >= 15 is 0 Å². The molecule has 0 bridgehead atoms. The van der Waals surface area contributed by atoms with E-state index in [1.807, 2.05) is 6.92 Å². The maximum atomic E-state index is 12.5. The SMILES string of the molecule is CCOC[C@]12CCCO[C@H]1CCN(S(=O)(=O)C1CC1)C2. The molecule has 1 aliphatic carbocycles. The van der Waals surface area contributed by atoms with Crippen molar-refractivity contribution in [2.24, 2.45) is 5.41 Å². The van der Waals surface area contributed by atoms with E-state index in [-0.39, 0.29) is 16.8 Å². The summed E-state index contributed by atoms with van der Waals surface area (Å²) in [5.74, 6) is 0. The van der Waals surface area contributed by atoms with Crippen molar-refractivity contribution in [3.05, 3.63) is 0 Å². The van der Waals surface area contributed by atoms with E-state index in [1.165, 1.54) is 0 Å². The minimum Gasteiger partial charge on any atom is -0.381 e. The van der Waals surface area contributed by atoms with Crippen molar-refractivity contribution in [2.45, 2.75) is 50.4 Å². The smallest absolute Gasteiger partial charge is 0.217 e. The molecule has 0 aromatic rings. The zero-order valence-corrected chi connectivity index (χ0v) is 13.0. The fourth-order valence-electron chi connectivity index (χ4n) is 3.56. The molecule has 0 aromatic heterocycles. The Morgan fingerprint density at radius 2 is 2.15 bits per heavy atom. The first kappa shape index (κ1) is 14.8. The van der Waals surface area contributed by atoms with Crippen LogP contribution in [0.5, 0.6) is 0 Å². The number of hydrogen-bond donors (Lipinski definition) is 0. The van der Waals surface area contributed by atoms with E-state index in [9.17, 15) is 8.42 Å². The predicted molar refractivity (Wildman–Crippen MR) is 76.0 cm³/mol. The molecule has 2 heterocycles. The molecule has 1 saturated carbocycles. The summed E-state index contributed by atoms with van der Waals surface area (Å²) in [6, 6.07) is 0. The highest BCUT2D eigenvalue weighted by Crippen LogP contribution is 2.43. The molecule has 20 heavy (non-hydrogen) atoms. The first-order valence-electron chi connectivity index (χ1n) is 7.77. The van der Waals surface area contributed by atoms with Crippen LogP contribution in [0.4, 0.5) is 0 Å². The Morgan fingerprint density at radius 1 is 1.35 bits per heavy atom. The van der Waals surface area contributed by atoms with Gasteiger partial charge in [-0.15, -0.1) is 0 Å². The van der Waals surface area contributed by atoms with Gasteiger partial charge in [-0.1, -0.05) is 0 Å². The minimum absolute atomic E-state index is 0.118. The van der Waals surface area contributed by atoms with Crippen LogP contribution >= 0.6 is 0 Å². The zero-order valence-electron chi connectivity index (χ0n) is 12.2. The van der Waals surface area contributed by atoms with E-state index in [4.69, 9.17) is 9.47 Å². The number of piperidine rings is 1. The number of nitrogens with zero attached hydrogens (tertiary/aromatic N) is 1. The quantitative estimate of drug-likeness (QED) is 0.770. The van der Waals surface area contributed by atoms with Gasteiger partial charge in [0, 0.05) is 31.7 Å². The van der Waals surface area contributed by atoms with E-state index in [2.05, 4.69) is 0 Å². The average Bonchev–Trinajstić information content (AvgIpc) is 3.29. The van der Waals surface area contributed by atoms with Gasteiger partial charge in [0.1, 0.15) is 0 Å². The molecule has 0 spiro atoms. The number of fused-ring (bicyclic) bond motifs is 1. The maximum Gasteiger partial charge on any atom is 0.217 e. The topological polar surface area (TPSA) is 55.8 Å². The molecule has 0 amide bonds. The normalized spacial score (nSPS) is 35.8. The van der Waals surface area contributed by atoms with Gasteiger partial charge in [0.25, 0.3) is 0 Å². The molecule has 3 aliphatic rings. The van der Waals surface area contributed by atoms with Crippen molar-refractivity contribution >= 4 is 10.0 Å². The molecule has 3 rings (SSSR count). The summed E-state index contributed by atoms with van der Waals surface area (Å²) in [5.41, 5.74) is -0.130. The first-order chi connectivity index (χ1) is 9.58. The van der Waals surface area contributed by atoms with Gasteiger partial charge in [-0.3, -0.25) is 0 Å². The van der Waals surface area contributed by atoms with Crippen LogP contribution in [0.15, 0.2) is 0 Å². The second-order valence-electron chi connectivity index (χ2n) is 6.33. The summed E-state index contributed by atoms with van der Waals surface area (Å²) in [4.78, 5) is 0. The molecule has 2 atom stereocenters. The lowest BCUT2D eigenvalue weighted by molar-refractivity contribution is -0.141. The molecule has 0 radical (unpaired) electrons. The van der Waals surface area contributed by atoms with Crippen molar-refractivity contribution in [3.8, 4) is 0 Å². The third kappa shape index (κ3) is 2.63. The molecule has 0 N–H and O–H groups in total. The van der Waals surface area contributed by atoms with Crippen LogP contribution in [0, 0.1) is 5.41 Å². The van der Waals surface area contributed by atoms with Crippen molar-refractivity contribution in [2.75, 3.05) is 32.9 Å². The van der Waals surface area contributed by atoms with Crippen molar-refractivity contribution in [1.82, 2.24) is 4.31 Å². The standard InChI is InChI=1S/C14H25NO4S/c1-2-18-11-14-7-3-9-19-13(14)6-8-15(10-14)20(16,17)12-4-5-12/h12-13H,2-11H2,1H3/t13-,14+/m0/s1. The highest BCUT2D eigenvalue weighted by molar-refractivity contribution is 7.90. The average molecular weight is 303 g/mol. The van der Waals surface area contributed by atoms with Gasteiger partial charge in [0.05, 0.1) is 18.0 Å². The Hall–Kier alpha value is -0.170. The molecule has 116 valence electrons. The van der Waals surface area contributed by atoms with Gasteiger partial charge in [0.2, 0.25) is 10.0 Å². The van der Waals surface area contributed by atoms with Crippen LogP contribution < -0.4 is 0 Å². The molecule has 5 nitrogen and oxygen atoms in total. The van der Waals surface area contributed by atoms with Crippen LogP contribution in [0.25, 0.3) is 0 Å². The number of rotatable bonds is 5. The predicted octanol–water partition coefficient (Wildman–Crippen LogP) is 1.39. The molecular formula is C14H25NO4S. The Balaban J connectivity index is 1.78. The van der Waals surface area contributed by atoms with E-state index in [1.54, 1.807) is 4.31 Å². The van der Waals surface area contributed by atoms with Gasteiger partial charge in [-0.25, -0.2) is 12.7 Å². The van der Waals surface area contributed by atoms with Gasteiger partial charge in [-0.05, 0) is 39.0 Å². The van der Waals surface area contributed by atoms with Crippen molar-refractivity contribution in [1.29, 1.82) is 0 Å². The lowest BCUT2D eigenvalue weighted by atomic mass is 9.73. The van der Waals surface area contributed by atoms with Gasteiger partial charge >= 0.3 is 0 Å². The molecule has 2 saturated heterocycles. The molecular weight excluding hydrogens is 278 g/mol. The number of sulfonamides is 1. The Kier molecular flexibility index (Phi) is 4.10. The molecule has 0 unspecified atom stereocenters. The van der Waals surface area contributed by atoms with E-state index in [0.717, 1.165) is 38.7 Å². The molecule has 6 heteroatoms. The summed E-state index contributed by atoms with van der Waals surface area (Å²) in [6.45, 7) is 5.26. The van der Waals surface area contributed by atoms with Crippen molar-refractivity contribution in [3.63, 3.8) is 0 Å². The second-order valence-corrected chi connectivity index (χ2v) is 8.54. The largest absolute Gasteiger partial charge is 0.381 e. The van der Waals surface area contributed by atoms with Crippen LogP contribution in [-0.2, 0) is 19.5 Å². The highest BCUT2D eigenvalue weighted by atomic mass is 32.2. The monoisotopic (exact) mass is 303 g/mol. The van der Waals surface area contributed by atoms with Crippen LogP contribution in [-0.4, -0.2) is 57.0 Å². The molecule has 0 aromatic carbocycles. The first-order valence-corrected chi connectivity index (χ1v) is 9.27. The third-order valence-electron chi connectivity index (χ3n) is 4.85. The van der Waals surface area contributed by atoms with E-state index < -0.39 is 10.0 Å². The Bertz CT molecular complexity index is 448. The summed E-state index contributed by atoms with van der Waals surface area (Å²) in [5, 5.41) is -0.118. The zero-order chi connectivity index (χ0) is 14.2. The lowest BCUT2D eigenvalue weighted by Gasteiger charge is -2.49. The summed E-state index contributed by atoms with van der Waals surface area (Å²) < 4.78 is 38.3. The van der Waals surface area contributed by atoms with Crippen LogP contribution in [0.2, 0.25) is 0 Å². The Labute approximate surface area is 121 Å². The van der Waals surface area contributed by atoms with Crippen molar-refractivity contribution < 1.29 is 17.9 Å². The van der Waals surface area contributed by atoms with Gasteiger partial charge < -0.3 is 9.47 Å². The summed E-state index contributed by atoms with van der Waals surface area (Å²) in [6.07, 6.45) is 4.64. The van der Waals surface area contributed by atoms with Gasteiger partial charge in [-0.2, -0.15) is 0 Å². The summed E-state index contributed by atoms with van der Waals surface area (Å²) >= 11 is 0. The van der Waals surface area contributed by atoms with Crippen LogP contribution in [0.1, 0.15) is 39.0 Å².